The van der Waals surface area contributed by atoms with E-state index < -0.39 is 5.60 Å². The smallest absolute Gasteiger partial charge is 0.159 e. The van der Waals surface area contributed by atoms with Crippen LogP contribution in [0.25, 0.3) is 11.1 Å². The highest BCUT2D eigenvalue weighted by atomic mass is 16.5. The van der Waals surface area contributed by atoms with Crippen LogP contribution in [0, 0.1) is 4.91 Å². The predicted molar refractivity (Wildman–Crippen MR) is 90.5 cm³/mol. The van der Waals surface area contributed by atoms with Crippen molar-refractivity contribution in [2.24, 2.45) is 5.18 Å². The van der Waals surface area contributed by atoms with Crippen molar-refractivity contribution in [2.75, 3.05) is 12.3 Å². The van der Waals surface area contributed by atoms with Gasteiger partial charge in [0.15, 0.2) is 5.82 Å². The van der Waals surface area contributed by atoms with E-state index in [4.69, 9.17) is 10.5 Å². The molecule has 3 rings (SSSR count). The molecule has 1 aliphatic rings. The maximum atomic E-state index is 11.1. The van der Waals surface area contributed by atoms with Crippen molar-refractivity contribution in [3.05, 3.63) is 40.8 Å². The third kappa shape index (κ3) is 3.13. The number of rotatable bonds is 4. The molecule has 1 fully saturated rings. The van der Waals surface area contributed by atoms with E-state index in [9.17, 15) is 10.0 Å². The van der Waals surface area contributed by atoms with Gasteiger partial charge < -0.3 is 15.6 Å². The Hall–Kier alpha value is -2.38. The Morgan fingerprint density at radius 2 is 2.00 bits per heavy atom. The molecule has 1 atom stereocenters. The Morgan fingerprint density at radius 1 is 1.29 bits per heavy atom. The van der Waals surface area contributed by atoms with Gasteiger partial charge in [0.25, 0.3) is 0 Å². The number of nitrogens with zero attached hydrogens (tertiary/aromatic N) is 3. The van der Waals surface area contributed by atoms with Gasteiger partial charge in [0, 0.05) is 30.1 Å². The molecule has 2 heterocycles. The van der Waals surface area contributed by atoms with Gasteiger partial charge in [0.1, 0.15) is 11.3 Å². The lowest BCUT2D eigenvalue weighted by Gasteiger charge is -2.17. The van der Waals surface area contributed by atoms with E-state index in [-0.39, 0.29) is 11.8 Å². The summed E-state index contributed by atoms with van der Waals surface area (Å²) >= 11 is 0. The summed E-state index contributed by atoms with van der Waals surface area (Å²) in [5.74, 6) is 0.329. The second-order valence-electron chi connectivity index (χ2n) is 6.45. The first kappa shape index (κ1) is 16.5. The zero-order chi connectivity index (χ0) is 17.3. The van der Waals surface area contributed by atoms with Gasteiger partial charge in [-0.1, -0.05) is 0 Å². The highest BCUT2D eigenvalue weighted by Crippen LogP contribution is 2.40. The van der Waals surface area contributed by atoms with Crippen LogP contribution in [0.5, 0.6) is 0 Å². The molecule has 3 N–H and O–H groups in total. The molecule has 2 aromatic rings. The zero-order valence-electron chi connectivity index (χ0n) is 13.7. The largest absolute Gasteiger partial charge is 0.397 e. The number of nitroso groups, excluding NO2 is 1. The average molecular weight is 328 g/mol. The fraction of sp³-hybridized carbons (Fsp3) is 0.412. The summed E-state index contributed by atoms with van der Waals surface area (Å²) in [5, 5.41) is 13.0. The number of ether oxygens (including phenoxy) is 1. The summed E-state index contributed by atoms with van der Waals surface area (Å²) in [6, 6.07) is 3.51. The van der Waals surface area contributed by atoms with Crippen molar-refractivity contribution in [2.45, 2.75) is 38.4 Å². The molecule has 7 heteroatoms. The third-order valence-electron chi connectivity index (χ3n) is 4.10. The number of hydrogen-bond acceptors (Lipinski definition) is 7. The van der Waals surface area contributed by atoms with E-state index in [1.807, 2.05) is 6.07 Å². The zero-order valence-corrected chi connectivity index (χ0v) is 13.7. The molecule has 1 aromatic carbocycles. The van der Waals surface area contributed by atoms with E-state index >= 15 is 0 Å². The summed E-state index contributed by atoms with van der Waals surface area (Å²) in [6.45, 7) is 3.92. The van der Waals surface area contributed by atoms with E-state index in [0.717, 1.165) is 24.0 Å². The molecule has 0 saturated carbocycles. The molecule has 24 heavy (non-hydrogen) atoms. The SMILES string of the molecule is CC(C)(O)c1ncc(-c2cc(N=O)c(N)c(C3CCCO3)c2)cn1. The minimum absolute atomic E-state index is 0.123. The van der Waals surface area contributed by atoms with Crippen molar-refractivity contribution in [3.8, 4) is 11.1 Å². The Kier molecular flexibility index (Phi) is 4.29. The maximum absolute atomic E-state index is 11.1. The minimum Gasteiger partial charge on any atom is -0.397 e. The summed E-state index contributed by atoms with van der Waals surface area (Å²) in [5.41, 5.74) is 7.72. The fourth-order valence-electron chi connectivity index (χ4n) is 2.78. The van der Waals surface area contributed by atoms with Crippen LogP contribution < -0.4 is 5.73 Å². The predicted octanol–water partition coefficient (Wildman–Crippen LogP) is 3.20. The quantitative estimate of drug-likeness (QED) is 0.658. The monoisotopic (exact) mass is 328 g/mol. The van der Waals surface area contributed by atoms with Crippen molar-refractivity contribution < 1.29 is 9.84 Å². The van der Waals surface area contributed by atoms with Crippen LogP contribution in [0.15, 0.2) is 29.7 Å². The number of nitrogen functional groups attached to an aromatic ring is 1. The highest BCUT2D eigenvalue weighted by Gasteiger charge is 2.23. The van der Waals surface area contributed by atoms with Gasteiger partial charge >= 0.3 is 0 Å². The van der Waals surface area contributed by atoms with Crippen LogP contribution >= 0.6 is 0 Å². The molecular weight excluding hydrogens is 308 g/mol. The van der Waals surface area contributed by atoms with E-state index in [1.54, 1.807) is 32.3 Å². The minimum atomic E-state index is -1.11. The summed E-state index contributed by atoms with van der Waals surface area (Å²) in [6.07, 6.45) is 4.92. The van der Waals surface area contributed by atoms with Gasteiger partial charge in [-0.15, -0.1) is 4.91 Å². The molecule has 0 bridgehead atoms. The molecular formula is C17H20N4O3. The van der Waals surface area contributed by atoms with Gasteiger partial charge in [-0.2, -0.15) is 0 Å². The lowest BCUT2D eigenvalue weighted by atomic mass is 9.97. The van der Waals surface area contributed by atoms with Gasteiger partial charge in [-0.3, -0.25) is 0 Å². The first-order chi connectivity index (χ1) is 11.4. The molecule has 0 spiro atoms. The number of hydrogen-bond donors (Lipinski definition) is 2. The molecule has 126 valence electrons. The van der Waals surface area contributed by atoms with Crippen molar-refractivity contribution in [3.63, 3.8) is 0 Å². The van der Waals surface area contributed by atoms with Crippen molar-refractivity contribution in [1.29, 1.82) is 0 Å². The molecule has 1 saturated heterocycles. The van der Waals surface area contributed by atoms with Crippen LogP contribution in [0.2, 0.25) is 0 Å². The Balaban J connectivity index is 2.04. The molecule has 0 aliphatic carbocycles. The summed E-state index contributed by atoms with van der Waals surface area (Å²) in [7, 11) is 0. The highest BCUT2D eigenvalue weighted by molar-refractivity contribution is 5.77. The number of anilines is 1. The molecule has 1 aliphatic heterocycles. The van der Waals surface area contributed by atoms with E-state index in [2.05, 4.69) is 15.1 Å². The Morgan fingerprint density at radius 3 is 2.54 bits per heavy atom. The van der Waals surface area contributed by atoms with E-state index in [1.165, 1.54) is 0 Å². The summed E-state index contributed by atoms with van der Waals surface area (Å²) < 4.78 is 5.69. The topological polar surface area (TPSA) is 111 Å². The second kappa shape index (κ2) is 6.26. The normalized spacial score (nSPS) is 17.9. The number of aromatic nitrogens is 2. The summed E-state index contributed by atoms with van der Waals surface area (Å²) in [4.78, 5) is 19.5. The number of aliphatic hydroxyl groups is 1. The van der Waals surface area contributed by atoms with Crippen molar-refractivity contribution >= 4 is 11.4 Å². The first-order valence-corrected chi connectivity index (χ1v) is 7.84. The molecule has 7 nitrogen and oxygen atoms in total. The molecule has 1 aromatic heterocycles. The van der Waals surface area contributed by atoms with Crippen LogP contribution in [-0.4, -0.2) is 21.7 Å². The van der Waals surface area contributed by atoms with Crippen LogP contribution in [0.3, 0.4) is 0 Å². The molecule has 0 radical (unpaired) electrons. The molecule has 1 unspecified atom stereocenters. The first-order valence-electron chi connectivity index (χ1n) is 7.84. The third-order valence-corrected chi connectivity index (χ3v) is 4.10. The molecule has 0 amide bonds. The van der Waals surface area contributed by atoms with Crippen molar-refractivity contribution in [1.82, 2.24) is 9.97 Å². The van der Waals surface area contributed by atoms with Crippen LogP contribution in [0.4, 0.5) is 11.4 Å². The van der Waals surface area contributed by atoms with Gasteiger partial charge in [-0.25, -0.2) is 9.97 Å². The lowest BCUT2D eigenvalue weighted by molar-refractivity contribution is 0.0687. The maximum Gasteiger partial charge on any atom is 0.159 e. The Labute approximate surface area is 139 Å². The van der Waals surface area contributed by atoms with Crippen LogP contribution in [0.1, 0.15) is 44.2 Å². The van der Waals surface area contributed by atoms with Gasteiger partial charge in [0.05, 0.1) is 11.8 Å². The average Bonchev–Trinajstić information content (AvgIpc) is 3.08. The lowest BCUT2D eigenvalue weighted by Crippen LogP contribution is -2.19. The number of benzene rings is 1. The number of nitrogens with two attached hydrogens (primary N) is 1. The standard InChI is InChI=1S/C17H20N4O3/c1-17(2,22)16-19-8-11(9-20-16)10-6-12(14-4-3-5-24-14)15(18)13(7-10)21-23/h6-9,14,22H,3-5,18H2,1-2H3. The Bertz CT molecular complexity index is 748. The second-order valence-corrected chi connectivity index (χ2v) is 6.45. The van der Waals surface area contributed by atoms with Gasteiger partial charge in [0.2, 0.25) is 0 Å². The fourth-order valence-corrected chi connectivity index (χ4v) is 2.78. The van der Waals surface area contributed by atoms with Crippen LogP contribution in [-0.2, 0) is 10.3 Å². The van der Waals surface area contributed by atoms with E-state index in [0.29, 0.717) is 23.7 Å². The van der Waals surface area contributed by atoms with Gasteiger partial charge in [-0.05, 0) is 49.6 Å².